The van der Waals surface area contributed by atoms with E-state index < -0.39 is 0 Å². The van der Waals surface area contributed by atoms with Crippen LogP contribution in [0.4, 0.5) is 11.8 Å². The summed E-state index contributed by atoms with van der Waals surface area (Å²) < 4.78 is 0. The van der Waals surface area contributed by atoms with Gasteiger partial charge >= 0.3 is 0 Å². The molecule has 0 aliphatic carbocycles. The van der Waals surface area contributed by atoms with E-state index in [9.17, 15) is 0 Å². The molecule has 1 aliphatic heterocycles. The Labute approximate surface area is 142 Å². The van der Waals surface area contributed by atoms with E-state index in [0.717, 1.165) is 36.6 Å². The molecule has 1 fully saturated rings. The molecule has 0 radical (unpaired) electrons. The van der Waals surface area contributed by atoms with Crippen LogP contribution in [0.15, 0.2) is 36.5 Å². The zero-order valence-corrected chi connectivity index (χ0v) is 14.0. The number of anilines is 2. The van der Waals surface area contributed by atoms with E-state index in [1.165, 1.54) is 12.8 Å². The maximum Gasteiger partial charge on any atom is 0.224 e. The molecule has 6 heteroatoms. The summed E-state index contributed by atoms with van der Waals surface area (Å²) in [6, 6.07) is 9.70. The van der Waals surface area contributed by atoms with E-state index in [1.54, 1.807) is 13.2 Å². The summed E-state index contributed by atoms with van der Waals surface area (Å²) in [5.74, 6) is 1.92. The van der Waals surface area contributed by atoms with E-state index in [2.05, 4.69) is 25.9 Å². The predicted octanol–water partition coefficient (Wildman–Crippen LogP) is 2.35. The van der Waals surface area contributed by atoms with Crippen LogP contribution in [-0.2, 0) is 0 Å². The summed E-state index contributed by atoms with van der Waals surface area (Å²) in [5, 5.41) is 18.3. The van der Waals surface area contributed by atoms with E-state index in [0.29, 0.717) is 17.6 Å². The van der Waals surface area contributed by atoms with Gasteiger partial charge in [0.05, 0.1) is 11.3 Å². The Balaban J connectivity index is 1.81. The van der Waals surface area contributed by atoms with E-state index in [-0.39, 0.29) is 0 Å². The van der Waals surface area contributed by atoms with Gasteiger partial charge in [-0.15, -0.1) is 0 Å². The zero-order valence-electron chi connectivity index (χ0n) is 14.0. The third-order valence-corrected chi connectivity index (χ3v) is 4.36. The molecule has 0 bridgehead atoms. The van der Waals surface area contributed by atoms with Crippen molar-refractivity contribution in [1.82, 2.24) is 15.3 Å². The largest absolute Gasteiger partial charge is 0.369 e. The average Bonchev–Trinajstić information content (AvgIpc) is 2.67. The number of rotatable bonds is 6. The molecule has 2 aromatic rings. The molecule has 1 aromatic carbocycles. The first kappa shape index (κ1) is 16.4. The van der Waals surface area contributed by atoms with Crippen molar-refractivity contribution in [3.05, 3.63) is 47.7 Å². The lowest BCUT2D eigenvalue weighted by atomic mass is 9.98. The van der Waals surface area contributed by atoms with Gasteiger partial charge in [0.2, 0.25) is 5.95 Å². The number of hydrogen-bond donors (Lipinski definition) is 4. The van der Waals surface area contributed by atoms with Crippen LogP contribution in [0.1, 0.15) is 24.0 Å². The molecule has 2 heterocycles. The van der Waals surface area contributed by atoms with Crippen molar-refractivity contribution in [2.24, 2.45) is 5.92 Å². The molecular formula is C18H24N6. The van der Waals surface area contributed by atoms with Gasteiger partial charge in [-0.1, -0.05) is 30.3 Å². The van der Waals surface area contributed by atoms with Crippen molar-refractivity contribution in [2.75, 3.05) is 37.3 Å². The van der Waals surface area contributed by atoms with Gasteiger partial charge in [-0.3, -0.25) is 5.41 Å². The van der Waals surface area contributed by atoms with Crippen LogP contribution in [0.5, 0.6) is 0 Å². The van der Waals surface area contributed by atoms with Gasteiger partial charge < -0.3 is 16.0 Å². The smallest absolute Gasteiger partial charge is 0.224 e. The second kappa shape index (κ2) is 7.88. The van der Waals surface area contributed by atoms with E-state index >= 15 is 0 Å². The van der Waals surface area contributed by atoms with Crippen LogP contribution < -0.4 is 16.0 Å². The summed E-state index contributed by atoms with van der Waals surface area (Å²) in [6.07, 6.45) is 4.06. The lowest BCUT2D eigenvalue weighted by Gasteiger charge is -2.23. The molecule has 1 aromatic heterocycles. The first-order valence-electron chi connectivity index (χ1n) is 8.41. The maximum absolute atomic E-state index is 8.51. The summed E-state index contributed by atoms with van der Waals surface area (Å²) in [5.41, 5.74) is 2.03. The predicted molar refractivity (Wildman–Crippen MR) is 98.0 cm³/mol. The first-order chi connectivity index (χ1) is 11.8. The van der Waals surface area contributed by atoms with Gasteiger partial charge in [0, 0.05) is 25.4 Å². The molecular weight excluding hydrogens is 300 g/mol. The van der Waals surface area contributed by atoms with Crippen molar-refractivity contribution in [3.8, 4) is 0 Å². The van der Waals surface area contributed by atoms with Crippen LogP contribution in [0.2, 0.25) is 0 Å². The Hall–Kier alpha value is -2.47. The van der Waals surface area contributed by atoms with Gasteiger partial charge in [-0.05, 0) is 31.8 Å². The Morgan fingerprint density at radius 2 is 2.00 bits per heavy atom. The highest BCUT2D eigenvalue weighted by Gasteiger charge is 2.16. The van der Waals surface area contributed by atoms with Crippen LogP contribution in [0.3, 0.4) is 0 Å². The van der Waals surface area contributed by atoms with Gasteiger partial charge in [0.15, 0.2) is 0 Å². The van der Waals surface area contributed by atoms with Gasteiger partial charge in [0.1, 0.15) is 5.82 Å². The van der Waals surface area contributed by atoms with Gasteiger partial charge in [-0.25, -0.2) is 4.98 Å². The molecule has 126 valence electrons. The highest BCUT2D eigenvalue weighted by Crippen LogP contribution is 2.20. The van der Waals surface area contributed by atoms with E-state index in [1.807, 2.05) is 30.3 Å². The SMILES string of the molecule is CNc1ncc(C(=N)c2ccccc2)c(NCC2CCNCC2)n1. The fourth-order valence-electron chi connectivity index (χ4n) is 2.91. The Bertz CT molecular complexity index is 679. The van der Waals surface area contributed by atoms with Crippen LogP contribution in [-0.4, -0.2) is 42.4 Å². The quantitative estimate of drug-likeness (QED) is 0.613. The third-order valence-electron chi connectivity index (χ3n) is 4.36. The number of hydrogen-bond acceptors (Lipinski definition) is 6. The van der Waals surface area contributed by atoms with Gasteiger partial charge in [0.25, 0.3) is 0 Å². The highest BCUT2D eigenvalue weighted by molar-refractivity contribution is 6.13. The second-order valence-electron chi connectivity index (χ2n) is 6.02. The van der Waals surface area contributed by atoms with Crippen molar-refractivity contribution in [2.45, 2.75) is 12.8 Å². The molecule has 6 nitrogen and oxygen atoms in total. The number of piperidine rings is 1. The molecule has 3 rings (SSSR count). The molecule has 0 saturated carbocycles. The summed E-state index contributed by atoms with van der Waals surface area (Å²) in [6.45, 7) is 3.02. The average molecular weight is 324 g/mol. The zero-order chi connectivity index (χ0) is 16.8. The van der Waals surface area contributed by atoms with Gasteiger partial charge in [-0.2, -0.15) is 4.98 Å². The Morgan fingerprint density at radius 3 is 2.71 bits per heavy atom. The minimum atomic E-state index is 0.436. The standard InChI is InChI=1S/C18H24N6/c1-20-18-23-12-15(16(19)14-5-3-2-4-6-14)17(24-18)22-11-13-7-9-21-10-8-13/h2-6,12-13,19,21H,7-11H2,1H3,(H2,20,22,23,24). The second-order valence-corrected chi connectivity index (χ2v) is 6.02. The molecule has 0 atom stereocenters. The van der Waals surface area contributed by atoms with Crippen molar-refractivity contribution in [1.29, 1.82) is 5.41 Å². The first-order valence-corrected chi connectivity index (χ1v) is 8.41. The number of nitrogens with one attached hydrogen (secondary N) is 4. The van der Waals surface area contributed by atoms with Crippen molar-refractivity contribution in [3.63, 3.8) is 0 Å². The minimum Gasteiger partial charge on any atom is -0.369 e. The molecule has 4 N–H and O–H groups in total. The molecule has 0 amide bonds. The van der Waals surface area contributed by atoms with Crippen LogP contribution in [0, 0.1) is 11.3 Å². The normalized spacial score (nSPS) is 15.0. The Morgan fingerprint density at radius 1 is 1.25 bits per heavy atom. The molecule has 0 spiro atoms. The number of benzene rings is 1. The fourth-order valence-corrected chi connectivity index (χ4v) is 2.91. The van der Waals surface area contributed by atoms with Crippen LogP contribution >= 0.6 is 0 Å². The van der Waals surface area contributed by atoms with Crippen molar-refractivity contribution < 1.29 is 0 Å². The molecule has 1 aliphatic rings. The minimum absolute atomic E-state index is 0.436. The lowest BCUT2D eigenvalue weighted by Crippen LogP contribution is -2.31. The molecule has 24 heavy (non-hydrogen) atoms. The lowest BCUT2D eigenvalue weighted by molar-refractivity contribution is 0.389. The van der Waals surface area contributed by atoms with Crippen LogP contribution in [0.25, 0.3) is 0 Å². The maximum atomic E-state index is 8.51. The Kier molecular flexibility index (Phi) is 5.38. The fraction of sp³-hybridized carbons (Fsp3) is 0.389. The summed E-state index contributed by atoms with van der Waals surface area (Å²) in [7, 11) is 1.80. The topological polar surface area (TPSA) is 85.7 Å². The third kappa shape index (κ3) is 3.89. The van der Waals surface area contributed by atoms with Crippen molar-refractivity contribution >= 4 is 17.5 Å². The highest BCUT2D eigenvalue weighted by atomic mass is 15.1. The monoisotopic (exact) mass is 324 g/mol. The van der Waals surface area contributed by atoms with E-state index in [4.69, 9.17) is 5.41 Å². The number of nitrogens with zero attached hydrogens (tertiary/aromatic N) is 2. The summed E-state index contributed by atoms with van der Waals surface area (Å²) in [4.78, 5) is 8.82. The summed E-state index contributed by atoms with van der Waals surface area (Å²) >= 11 is 0. The molecule has 1 saturated heterocycles. The molecule has 0 unspecified atom stereocenters. The number of aromatic nitrogens is 2.